The zero-order chi connectivity index (χ0) is 10.6. The molecule has 2 unspecified atom stereocenters. The molecular formula is C10H14N2O2. The fraction of sp³-hybridized carbons (Fsp3) is 0.400. The van der Waals surface area contributed by atoms with Crippen LogP contribution in [0.2, 0.25) is 0 Å². The standard InChI is InChI=1S/C10H14N2O2/c1-7(9(11-2)10(13)14)8-5-3-4-6-12-8/h3-7,9,11H,1-2H3,(H,13,14). The lowest BCUT2D eigenvalue weighted by atomic mass is 9.98. The molecule has 1 heterocycles. The van der Waals surface area contributed by atoms with Gasteiger partial charge in [-0.15, -0.1) is 0 Å². The number of rotatable bonds is 4. The molecule has 1 aromatic rings. The maximum absolute atomic E-state index is 10.9. The number of hydrogen-bond acceptors (Lipinski definition) is 3. The minimum absolute atomic E-state index is 0.140. The Kier molecular flexibility index (Phi) is 3.59. The number of carbonyl (C=O) groups is 1. The van der Waals surface area contributed by atoms with Crippen molar-refractivity contribution < 1.29 is 9.90 Å². The summed E-state index contributed by atoms with van der Waals surface area (Å²) >= 11 is 0. The van der Waals surface area contributed by atoms with Gasteiger partial charge >= 0.3 is 5.97 Å². The molecule has 76 valence electrons. The summed E-state index contributed by atoms with van der Waals surface area (Å²) in [6.07, 6.45) is 1.67. The highest BCUT2D eigenvalue weighted by molar-refractivity contribution is 5.74. The van der Waals surface area contributed by atoms with Crippen LogP contribution >= 0.6 is 0 Å². The van der Waals surface area contributed by atoms with Gasteiger partial charge in [0.15, 0.2) is 0 Å². The van der Waals surface area contributed by atoms with E-state index in [0.29, 0.717) is 0 Å². The number of aromatic nitrogens is 1. The smallest absolute Gasteiger partial charge is 0.321 e. The van der Waals surface area contributed by atoms with Gasteiger partial charge in [-0.25, -0.2) is 0 Å². The zero-order valence-corrected chi connectivity index (χ0v) is 8.27. The van der Waals surface area contributed by atoms with Crippen LogP contribution in [0.3, 0.4) is 0 Å². The summed E-state index contributed by atoms with van der Waals surface area (Å²) in [6, 6.07) is 4.90. The lowest BCUT2D eigenvalue weighted by Crippen LogP contribution is -2.38. The predicted octanol–water partition coefficient (Wildman–Crippen LogP) is 0.858. The second-order valence-electron chi connectivity index (χ2n) is 3.15. The minimum atomic E-state index is -0.856. The third-order valence-electron chi connectivity index (χ3n) is 2.23. The molecule has 2 N–H and O–H groups in total. The second-order valence-corrected chi connectivity index (χ2v) is 3.15. The Bertz CT molecular complexity index is 300. The molecule has 0 saturated heterocycles. The Morgan fingerprint density at radius 1 is 1.57 bits per heavy atom. The maximum Gasteiger partial charge on any atom is 0.321 e. The van der Waals surface area contributed by atoms with Gasteiger partial charge < -0.3 is 10.4 Å². The van der Waals surface area contributed by atoms with Crippen molar-refractivity contribution in [2.45, 2.75) is 18.9 Å². The van der Waals surface area contributed by atoms with Crippen molar-refractivity contribution >= 4 is 5.97 Å². The van der Waals surface area contributed by atoms with Crippen LogP contribution in [-0.4, -0.2) is 29.1 Å². The number of carboxylic acid groups (broad SMARTS) is 1. The molecule has 0 bridgehead atoms. The Balaban J connectivity index is 2.83. The number of nitrogens with one attached hydrogen (secondary N) is 1. The van der Waals surface area contributed by atoms with Crippen LogP contribution < -0.4 is 5.32 Å². The van der Waals surface area contributed by atoms with Crippen LogP contribution in [-0.2, 0) is 4.79 Å². The van der Waals surface area contributed by atoms with Crippen molar-refractivity contribution in [3.8, 4) is 0 Å². The van der Waals surface area contributed by atoms with Crippen molar-refractivity contribution in [2.75, 3.05) is 7.05 Å². The lowest BCUT2D eigenvalue weighted by molar-refractivity contribution is -0.139. The van der Waals surface area contributed by atoms with Crippen LogP contribution in [0.15, 0.2) is 24.4 Å². The summed E-state index contributed by atoms with van der Waals surface area (Å²) in [6.45, 7) is 1.84. The largest absolute Gasteiger partial charge is 0.480 e. The number of likely N-dealkylation sites (N-methyl/N-ethyl adjacent to an activating group) is 1. The van der Waals surface area contributed by atoms with Crippen molar-refractivity contribution in [1.82, 2.24) is 10.3 Å². The average Bonchev–Trinajstić information content (AvgIpc) is 2.19. The second kappa shape index (κ2) is 4.72. The van der Waals surface area contributed by atoms with Crippen molar-refractivity contribution in [3.05, 3.63) is 30.1 Å². The summed E-state index contributed by atoms with van der Waals surface area (Å²) < 4.78 is 0. The minimum Gasteiger partial charge on any atom is -0.480 e. The monoisotopic (exact) mass is 194 g/mol. The molecule has 0 amide bonds. The highest BCUT2D eigenvalue weighted by Crippen LogP contribution is 2.16. The van der Waals surface area contributed by atoms with Gasteiger partial charge in [-0.1, -0.05) is 13.0 Å². The Hall–Kier alpha value is -1.42. The van der Waals surface area contributed by atoms with Crippen LogP contribution in [0.4, 0.5) is 0 Å². The molecular weight excluding hydrogens is 180 g/mol. The third kappa shape index (κ3) is 2.29. The fourth-order valence-electron chi connectivity index (χ4n) is 1.40. The molecule has 0 aromatic carbocycles. The number of pyridine rings is 1. The van der Waals surface area contributed by atoms with E-state index < -0.39 is 12.0 Å². The highest BCUT2D eigenvalue weighted by atomic mass is 16.4. The van der Waals surface area contributed by atoms with E-state index in [-0.39, 0.29) is 5.92 Å². The molecule has 4 heteroatoms. The Morgan fingerprint density at radius 3 is 2.71 bits per heavy atom. The van der Waals surface area contributed by atoms with E-state index in [1.54, 1.807) is 13.2 Å². The van der Waals surface area contributed by atoms with E-state index >= 15 is 0 Å². The van der Waals surface area contributed by atoms with Crippen LogP contribution in [0.5, 0.6) is 0 Å². The van der Waals surface area contributed by atoms with Gasteiger partial charge in [-0.05, 0) is 19.2 Å². The van der Waals surface area contributed by atoms with E-state index in [2.05, 4.69) is 10.3 Å². The first-order valence-corrected chi connectivity index (χ1v) is 4.47. The number of nitrogens with zero attached hydrogens (tertiary/aromatic N) is 1. The van der Waals surface area contributed by atoms with Gasteiger partial charge in [-0.2, -0.15) is 0 Å². The Morgan fingerprint density at radius 2 is 2.29 bits per heavy atom. The molecule has 0 spiro atoms. The van der Waals surface area contributed by atoms with Crippen LogP contribution in [0.1, 0.15) is 18.5 Å². The molecule has 0 aliphatic carbocycles. The van der Waals surface area contributed by atoms with E-state index in [0.717, 1.165) is 5.69 Å². The first-order chi connectivity index (χ1) is 6.66. The van der Waals surface area contributed by atoms with Gasteiger partial charge in [-0.3, -0.25) is 9.78 Å². The number of hydrogen-bond donors (Lipinski definition) is 2. The van der Waals surface area contributed by atoms with Gasteiger partial charge in [0.1, 0.15) is 6.04 Å². The third-order valence-corrected chi connectivity index (χ3v) is 2.23. The van der Waals surface area contributed by atoms with Gasteiger partial charge in [0, 0.05) is 17.8 Å². The van der Waals surface area contributed by atoms with E-state index in [1.165, 1.54) is 0 Å². The lowest BCUT2D eigenvalue weighted by Gasteiger charge is -2.18. The summed E-state index contributed by atoms with van der Waals surface area (Å²) in [5, 5.41) is 11.7. The molecule has 1 aromatic heterocycles. The average molecular weight is 194 g/mol. The molecule has 2 atom stereocenters. The van der Waals surface area contributed by atoms with E-state index in [1.807, 2.05) is 25.1 Å². The molecule has 0 fully saturated rings. The highest BCUT2D eigenvalue weighted by Gasteiger charge is 2.24. The SMILES string of the molecule is CNC(C(=O)O)C(C)c1ccccn1. The summed E-state index contributed by atoms with van der Waals surface area (Å²) in [4.78, 5) is 15.0. The fourth-order valence-corrected chi connectivity index (χ4v) is 1.40. The van der Waals surface area contributed by atoms with E-state index in [4.69, 9.17) is 5.11 Å². The van der Waals surface area contributed by atoms with Crippen LogP contribution in [0.25, 0.3) is 0 Å². The zero-order valence-electron chi connectivity index (χ0n) is 8.27. The predicted molar refractivity (Wildman–Crippen MR) is 53.1 cm³/mol. The molecule has 0 saturated carbocycles. The van der Waals surface area contributed by atoms with Crippen molar-refractivity contribution in [2.24, 2.45) is 0 Å². The summed E-state index contributed by atoms with van der Waals surface area (Å²) in [7, 11) is 1.64. The van der Waals surface area contributed by atoms with E-state index in [9.17, 15) is 4.79 Å². The maximum atomic E-state index is 10.9. The quantitative estimate of drug-likeness (QED) is 0.746. The molecule has 0 radical (unpaired) electrons. The van der Waals surface area contributed by atoms with Gasteiger partial charge in [0.2, 0.25) is 0 Å². The first kappa shape index (κ1) is 10.7. The molecule has 14 heavy (non-hydrogen) atoms. The molecule has 0 aliphatic heterocycles. The normalized spacial score (nSPS) is 14.7. The summed E-state index contributed by atoms with van der Waals surface area (Å²) in [5.74, 6) is -0.996. The van der Waals surface area contributed by atoms with Crippen molar-refractivity contribution in [3.63, 3.8) is 0 Å². The molecule has 0 aliphatic rings. The topological polar surface area (TPSA) is 62.2 Å². The van der Waals surface area contributed by atoms with Gasteiger partial charge in [0.05, 0.1) is 0 Å². The molecule has 4 nitrogen and oxygen atoms in total. The van der Waals surface area contributed by atoms with Crippen LogP contribution in [0, 0.1) is 0 Å². The van der Waals surface area contributed by atoms with Crippen molar-refractivity contribution in [1.29, 1.82) is 0 Å². The molecule has 1 rings (SSSR count). The number of aliphatic carboxylic acids is 1. The first-order valence-electron chi connectivity index (χ1n) is 4.47. The number of carboxylic acids is 1. The summed E-state index contributed by atoms with van der Waals surface area (Å²) in [5.41, 5.74) is 0.786. The Labute approximate surface area is 83.0 Å². The van der Waals surface area contributed by atoms with Gasteiger partial charge in [0.25, 0.3) is 0 Å².